The molecular formula is C17H25N3O3. The molecule has 0 aliphatic carbocycles. The Morgan fingerprint density at radius 3 is 2.57 bits per heavy atom. The topological polar surface area (TPSA) is 62.7 Å². The molecule has 1 aliphatic heterocycles. The molecule has 1 aromatic heterocycles. The van der Waals surface area contributed by atoms with Crippen LogP contribution in [0.1, 0.15) is 43.7 Å². The van der Waals surface area contributed by atoms with Gasteiger partial charge in [-0.15, -0.1) is 0 Å². The Kier molecular flexibility index (Phi) is 4.92. The van der Waals surface area contributed by atoms with Crippen molar-refractivity contribution >= 4 is 12.0 Å². The second-order valence-corrected chi connectivity index (χ2v) is 6.96. The summed E-state index contributed by atoms with van der Waals surface area (Å²) in [7, 11) is 0. The van der Waals surface area contributed by atoms with Gasteiger partial charge in [-0.05, 0) is 46.8 Å². The lowest BCUT2D eigenvalue weighted by Gasteiger charge is -2.40. The van der Waals surface area contributed by atoms with Gasteiger partial charge in [-0.2, -0.15) is 0 Å². The predicted octanol–water partition coefficient (Wildman–Crippen LogP) is 2.47. The molecule has 2 heterocycles. The van der Waals surface area contributed by atoms with E-state index in [0.29, 0.717) is 25.2 Å². The highest BCUT2D eigenvalue weighted by molar-refractivity contribution is 5.94. The van der Waals surface area contributed by atoms with Gasteiger partial charge in [0.1, 0.15) is 5.60 Å². The maximum Gasteiger partial charge on any atom is 0.410 e. The van der Waals surface area contributed by atoms with Gasteiger partial charge in [0.05, 0.1) is 0 Å². The van der Waals surface area contributed by atoms with Crippen molar-refractivity contribution in [3.63, 3.8) is 0 Å². The number of hydrogen-bond acceptors (Lipinski definition) is 4. The van der Waals surface area contributed by atoms with E-state index in [1.54, 1.807) is 28.1 Å². The standard InChI is InChI=1S/C17H25N3O3/c1-12-10-14(6-7-18-12)15(21)19-8-9-20(13(2)11-19)16(22)23-17(3,4)5/h6-7,10,13H,8-9,11H2,1-5H3. The summed E-state index contributed by atoms with van der Waals surface area (Å²) in [6.07, 6.45) is 1.32. The van der Waals surface area contributed by atoms with Gasteiger partial charge in [-0.25, -0.2) is 4.79 Å². The summed E-state index contributed by atoms with van der Waals surface area (Å²) in [5, 5.41) is 0. The summed E-state index contributed by atoms with van der Waals surface area (Å²) in [4.78, 5) is 32.4. The van der Waals surface area contributed by atoms with E-state index in [9.17, 15) is 9.59 Å². The van der Waals surface area contributed by atoms with E-state index in [1.807, 2.05) is 34.6 Å². The van der Waals surface area contributed by atoms with Crippen molar-refractivity contribution in [3.8, 4) is 0 Å². The van der Waals surface area contributed by atoms with Crippen LogP contribution >= 0.6 is 0 Å². The molecule has 1 aromatic rings. The minimum absolute atomic E-state index is 0.0220. The number of ether oxygens (including phenoxy) is 1. The van der Waals surface area contributed by atoms with Crippen LogP contribution in [0.15, 0.2) is 18.3 Å². The summed E-state index contributed by atoms with van der Waals surface area (Å²) in [5.41, 5.74) is 0.935. The highest BCUT2D eigenvalue weighted by Crippen LogP contribution is 2.17. The third kappa shape index (κ3) is 4.43. The molecule has 0 spiro atoms. The van der Waals surface area contributed by atoms with Gasteiger partial charge in [-0.1, -0.05) is 0 Å². The van der Waals surface area contributed by atoms with Crippen molar-refractivity contribution in [3.05, 3.63) is 29.6 Å². The molecule has 0 saturated carbocycles. The zero-order valence-corrected chi connectivity index (χ0v) is 14.5. The van der Waals surface area contributed by atoms with Crippen LogP contribution in [0, 0.1) is 6.92 Å². The lowest BCUT2D eigenvalue weighted by atomic mass is 10.1. The van der Waals surface area contributed by atoms with Crippen LogP contribution < -0.4 is 0 Å². The predicted molar refractivity (Wildman–Crippen MR) is 87.3 cm³/mol. The Morgan fingerprint density at radius 1 is 1.30 bits per heavy atom. The number of piperazine rings is 1. The van der Waals surface area contributed by atoms with Gasteiger partial charge in [0.2, 0.25) is 0 Å². The van der Waals surface area contributed by atoms with E-state index in [0.717, 1.165) is 5.69 Å². The molecule has 6 nitrogen and oxygen atoms in total. The second kappa shape index (κ2) is 6.56. The molecule has 23 heavy (non-hydrogen) atoms. The monoisotopic (exact) mass is 319 g/mol. The van der Waals surface area contributed by atoms with Gasteiger partial charge < -0.3 is 14.5 Å². The number of nitrogens with zero attached hydrogens (tertiary/aromatic N) is 3. The molecule has 0 aromatic carbocycles. The average molecular weight is 319 g/mol. The molecule has 126 valence electrons. The maximum absolute atomic E-state index is 12.6. The Morgan fingerprint density at radius 2 is 2.00 bits per heavy atom. The molecule has 0 bridgehead atoms. The van der Waals surface area contributed by atoms with Crippen molar-refractivity contribution in [2.24, 2.45) is 0 Å². The Labute approximate surface area is 137 Å². The fourth-order valence-electron chi connectivity index (χ4n) is 2.60. The first-order valence-corrected chi connectivity index (χ1v) is 7.89. The largest absolute Gasteiger partial charge is 0.444 e. The van der Waals surface area contributed by atoms with Gasteiger partial charge in [0.15, 0.2) is 0 Å². The minimum Gasteiger partial charge on any atom is -0.444 e. The summed E-state index contributed by atoms with van der Waals surface area (Å²) >= 11 is 0. The van der Waals surface area contributed by atoms with Crippen molar-refractivity contribution in [2.75, 3.05) is 19.6 Å². The van der Waals surface area contributed by atoms with Crippen molar-refractivity contribution < 1.29 is 14.3 Å². The number of rotatable bonds is 1. The van der Waals surface area contributed by atoms with Crippen LogP contribution in [0.4, 0.5) is 4.79 Å². The highest BCUT2D eigenvalue weighted by atomic mass is 16.6. The number of amides is 2. The zero-order valence-electron chi connectivity index (χ0n) is 14.5. The number of aryl methyl sites for hydroxylation is 1. The van der Waals surface area contributed by atoms with Crippen LogP contribution in [0.2, 0.25) is 0 Å². The first kappa shape index (κ1) is 17.2. The number of aromatic nitrogens is 1. The van der Waals surface area contributed by atoms with E-state index >= 15 is 0 Å². The van der Waals surface area contributed by atoms with Gasteiger partial charge in [0.25, 0.3) is 5.91 Å². The van der Waals surface area contributed by atoms with Crippen LogP contribution in [0.25, 0.3) is 0 Å². The van der Waals surface area contributed by atoms with Crippen LogP contribution in [-0.2, 0) is 4.74 Å². The normalized spacial score (nSPS) is 18.7. The summed E-state index contributed by atoms with van der Waals surface area (Å²) in [5.74, 6) is -0.0220. The van der Waals surface area contributed by atoms with Crippen LogP contribution in [0.3, 0.4) is 0 Å². The Balaban J connectivity index is 2.01. The minimum atomic E-state index is -0.516. The first-order valence-electron chi connectivity index (χ1n) is 7.89. The third-order valence-corrected chi connectivity index (χ3v) is 3.69. The van der Waals surface area contributed by atoms with E-state index in [4.69, 9.17) is 4.74 Å². The quantitative estimate of drug-likeness (QED) is 0.798. The highest BCUT2D eigenvalue weighted by Gasteiger charge is 2.32. The summed E-state index contributed by atoms with van der Waals surface area (Å²) < 4.78 is 5.42. The van der Waals surface area contributed by atoms with Crippen LogP contribution in [0.5, 0.6) is 0 Å². The fraction of sp³-hybridized carbons (Fsp3) is 0.588. The maximum atomic E-state index is 12.6. The fourth-order valence-corrected chi connectivity index (χ4v) is 2.60. The average Bonchev–Trinajstić information content (AvgIpc) is 2.44. The molecule has 2 rings (SSSR count). The van der Waals surface area contributed by atoms with Gasteiger partial charge >= 0.3 is 6.09 Å². The van der Waals surface area contributed by atoms with Crippen molar-refractivity contribution in [2.45, 2.75) is 46.3 Å². The summed E-state index contributed by atoms with van der Waals surface area (Å²) in [6.45, 7) is 10.8. The van der Waals surface area contributed by atoms with E-state index < -0.39 is 5.60 Å². The molecule has 1 aliphatic rings. The van der Waals surface area contributed by atoms with E-state index in [-0.39, 0.29) is 18.0 Å². The Hall–Kier alpha value is -2.11. The molecule has 1 unspecified atom stereocenters. The van der Waals surface area contributed by atoms with Crippen LogP contribution in [-0.4, -0.2) is 58.1 Å². The molecular weight excluding hydrogens is 294 g/mol. The number of pyridine rings is 1. The van der Waals surface area contributed by atoms with E-state index in [2.05, 4.69) is 4.98 Å². The van der Waals surface area contributed by atoms with Crippen molar-refractivity contribution in [1.82, 2.24) is 14.8 Å². The number of carbonyl (C=O) groups is 2. The van der Waals surface area contributed by atoms with E-state index in [1.165, 1.54) is 0 Å². The Bertz CT molecular complexity index is 595. The van der Waals surface area contributed by atoms with Gasteiger partial charge in [-0.3, -0.25) is 9.78 Å². The molecule has 1 saturated heterocycles. The SMILES string of the molecule is Cc1cc(C(=O)N2CCN(C(=O)OC(C)(C)C)C(C)C2)ccn1. The number of carbonyl (C=O) groups excluding carboxylic acids is 2. The second-order valence-electron chi connectivity index (χ2n) is 6.96. The molecule has 2 amide bonds. The first-order chi connectivity index (χ1) is 10.7. The summed E-state index contributed by atoms with van der Waals surface area (Å²) in [6, 6.07) is 3.43. The van der Waals surface area contributed by atoms with Crippen molar-refractivity contribution in [1.29, 1.82) is 0 Å². The lowest BCUT2D eigenvalue weighted by Crippen LogP contribution is -2.56. The smallest absolute Gasteiger partial charge is 0.410 e. The molecule has 0 N–H and O–H groups in total. The molecule has 1 fully saturated rings. The molecule has 0 radical (unpaired) electrons. The molecule has 1 atom stereocenters. The van der Waals surface area contributed by atoms with Gasteiger partial charge in [0, 0.05) is 43.1 Å². The molecule has 6 heteroatoms. The third-order valence-electron chi connectivity index (χ3n) is 3.69. The lowest BCUT2D eigenvalue weighted by molar-refractivity contribution is 0.00198. The number of hydrogen-bond donors (Lipinski definition) is 0. The zero-order chi connectivity index (χ0) is 17.2.